The normalized spacial score (nSPS) is 15.3. The van der Waals surface area contributed by atoms with Crippen molar-refractivity contribution >= 4 is 38.6 Å². The molecule has 0 spiro atoms. The Morgan fingerprint density at radius 2 is 1.85 bits per heavy atom. The molecule has 8 heteroatoms. The van der Waals surface area contributed by atoms with Gasteiger partial charge in [-0.15, -0.1) is 11.3 Å². The molecule has 1 aromatic heterocycles. The standard InChI is InChI=1S/C25H21N3O3S2/c1-17-15-19-5-2-3-8-23(19)28(17)33(30,31)22-7-4-6-20(16-22)24(29)27-21-11-9-18(10-12-21)25-26-13-14-32-25/h2-14,16-17H,15H2,1H3,(H,27,29). The van der Waals surface area contributed by atoms with E-state index in [0.717, 1.165) is 16.1 Å². The third-order valence-corrected chi connectivity index (χ3v) is 8.37. The molecule has 0 radical (unpaired) electrons. The predicted octanol–water partition coefficient (Wildman–Crippen LogP) is 5.20. The zero-order chi connectivity index (χ0) is 23.0. The molecule has 0 saturated heterocycles. The van der Waals surface area contributed by atoms with Crippen LogP contribution in [0.5, 0.6) is 0 Å². The molecule has 0 fully saturated rings. The molecule has 1 unspecified atom stereocenters. The summed E-state index contributed by atoms with van der Waals surface area (Å²) in [7, 11) is -3.81. The van der Waals surface area contributed by atoms with Crippen LogP contribution in [0.4, 0.5) is 11.4 Å². The number of amides is 1. The van der Waals surface area contributed by atoms with Crippen molar-refractivity contribution in [3.8, 4) is 10.6 Å². The van der Waals surface area contributed by atoms with Gasteiger partial charge in [0, 0.05) is 34.4 Å². The fraction of sp³-hybridized carbons (Fsp3) is 0.120. The summed E-state index contributed by atoms with van der Waals surface area (Å²) in [6.45, 7) is 1.89. The summed E-state index contributed by atoms with van der Waals surface area (Å²) in [4.78, 5) is 17.2. The van der Waals surface area contributed by atoms with Gasteiger partial charge in [-0.05, 0) is 67.4 Å². The highest BCUT2D eigenvalue weighted by molar-refractivity contribution is 7.92. The van der Waals surface area contributed by atoms with Crippen LogP contribution >= 0.6 is 11.3 Å². The molecule has 6 nitrogen and oxygen atoms in total. The highest BCUT2D eigenvalue weighted by atomic mass is 32.2. The lowest BCUT2D eigenvalue weighted by Crippen LogP contribution is -2.35. The molecule has 5 rings (SSSR count). The molecule has 1 atom stereocenters. The van der Waals surface area contributed by atoms with E-state index < -0.39 is 10.0 Å². The number of fused-ring (bicyclic) bond motifs is 1. The van der Waals surface area contributed by atoms with Crippen molar-refractivity contribution in [2.45, 2.75) is 24.3 Å². The van der Waals surface area contributed by atoms with Crippen molar-refractivity contribution in [2.24, 2.45) is 0 Å². The first-order chi connectivity index (χ1) is 15.9. The van der Waals surface area contributed by atoms with Crippen LogP contribution in [0.25, 0.3) is 10.6 Å². The van der Waals surface area contributed by atoms with Crippen LogP contribution in [-0.4, -0.2) is 25.4 Å². The average Bonchev–Trinajstić information content (AvgIpc) is 3.47. The Labute approximate surface area is 196 Å². The summed E-state index contributed by atoms with van der Waals surface area (Å²) in [5.41, 5.74) is 3.57. The number of benzene rings is 3. The Morgan fingerprint density at radius 3 is 2.61 bits per heavy atom. The van der Waals surface area contributed by atoms with Crippen molar-refractivity contribution in [2.75, 3.05) is 9.62 Å². The molecular weight excluding hydrogens is 454 g/mol. The van der Waals surface area contributed by atoms with Crippen LogP contribution in [0, 0.1) is 0 Å². The van der Waals surface area contributed by atoms with Gasteiger partial charge < -0.3 is 5.32 Å². The minimum atomic E-state index is -3.81. The maximum Gasteiger partial charge on any atom is 0.264 e. The lowest BCUT2D eigenvalue weighted by Gasteiger charge is -2.24. The average molecular weight is 476 g/mol. The largest absolute Gasteiger partial charge is 0.322 e. The van der Waals surface area contributed by atoms with Crippen LogP contribution in [0.2, 0.25) is 0 Å². The van der Waals surface area contributed by atoms with Crippen LogP contribution in [-0.2, 0) is 16.4 Å². The minimum absolute atomic E-state index is 0.0952. The Bertz CT molecular complexity index is 1420. The monoisotopic (exact) mass is 475 g/mol. The number of carbonyl (C=O) groups excluding carboxylic acids is 1. The van der Waals surface area contributed by atoms with E-state index in [9.17, 15) is 13.2 Å². The first kappa shape index (κ1) is 21.4. The fourth-order valence-electron chi connectivity index (χ4n) is 4.08. The second kappa shape index (κ2) is 8.46. The zero-order valence-corrected chi connectivity index (χ0v) is 19.4. The number of thiazole rings is 1. The smallest absolute Gasteiger partial charge is 0.264 e. The van der Waals surface area contributed by atoms with Gasteiger partial charge in [0.2, 0.25) is 0 Å². The van der Waals surface area contributed by atoms with Gasteiger partial charge in [-0.3, -0.25) is 9.10 Å². The van der Waals surface area contributed by atoms with Gasteiger partial charge in [-0.1, -0.05) is 24.3 Å². The topological polar surface area (TPSA) is 79.4 Å². The molecule has 0 saturated carbocycles. The van der Waals surface area contributed by atoms with E-state index in [1.807, 2.05) is 48.7 Å². The Morgan fingerprint density at radius 1 is 1.06 bits per heavy atom. The molecule has 166 valence electrons. The van der Waals surface area contributed by atoms with Crippen molar-refractivity contribution in [1.29, 1.82) is 0 Å². The van der Waals surface area contributed by atoms with Gasteiger partial charge in [0.25, 0.3) is 15.9 Å². The molecule has 1 N–H and O–H groups in total. The summed E-state index contributed by atoms with van der Waals surface area (Å²) in [6, 6.07) is 20.9. The maximum atomic E-state index is 13.5. The Hall–Kier alpha value is -3.49. The van der Waals surface area contributed by atoms with Gasteiger partial charge >= 0.3 is 0 Å². The van der Waals surface area contributed by atoms with Gasteiger partial charge in [-0.25, -0.2) is 13.4 Å². The molecule has 2 heterocycles. The van der Waals surface area contributed by atoms with E-state index in [-0.39, 0.29) is 22.4 Å². The number of carbonyl (C=O) groups is 1. The summed E-state index contributed by atoms with van der Waals surface area (Å²) >= 11 is 1.54. The number of nitrogens with zero attached hydrogens (tertiary/aromatic N) is 2. The minimum Gasteiger partial charge on any atom is -0.322 e. The van der Waals surface area contributed by atoms with E-state index in [1.54, 1.807) is 41.8 Å². The number of hydrogen-bond donors (Lipinski definition) is 1. The number of aromatic nitrogens is 1. The van der Waals surface area contributed by atoms with Gasteiger partial charge in [0.05, 0.1) is 10.6 Å². The molecule has 1 aliphatic rings. The SMILES string of the molecule is CC1Cc2ccccc2N1S(=O)(=O)c1cccc(C(=O)Nc2ccc(-c3nccs3)cc2)c1. The van der Waals surface area contributed by atoms with Crippen LogP contribution in [0.3, 0.4) is 0 Å². The van der Waals surface area contributed by atoms with Gasteiger partial charge in [-0.2, -0.15) is 0 Å². The zero-order valence-electron chi connectivity index (χ0n) is 17.8. The first-order valence-electron chi connectivity index (χ1n) is 10.5. The molecule has 1 aliphatic heterocycles. The Kier molecular flexibility index (Phi) is 5.47. The number of anilines is 2. The summed E-state index contributed by atoms with van der Waals surface area (Å²) in [5.74, 6) is -0.371. The van der Waals surface area contributed by atoms with E-state index in [1.165, 1.54) is 16.4 Å². The second-order valence-corrected chi connectivity index (χ2v) is 10.6. The lowest BCUT2D eigenvalue weighted by atomic mass is 10.1. The fourth-order valence-corrected chi connectivity index (χ4v) is 6.46. The number of para-hydroxylation sites is 1. The molecular formula is C25H21N3O3S2. The lowest BCUT2D eigenvalue weighted by molar-refractivity contribution is 0.102. The van der Waals surface area contributed by atoms with Crippen molar-refractivity contribution < 1.29 is 13.2 Å². The van der Waals surface area contributed by atoms with Gasteiger partial charge in [0.15, 0.2) is 0 Å². The summed E-state index contributed by atoms with van der Waals surface area (Å²) in [6.07, 6.45) is 2.41. The van der Waals surface area contributed by atoms with E-state index in [0.29, 0.717) is 17.8 Å². The highest BCUT2D eigenvalue weighted by Crippen LogP contribution is 2.36. The Balaban J connectivity index is 1.38. The van der Waals surface area contributed by atoms with Crippen molar-refractivity contribution in [3.05, 3.63) is 95.5 Å². The molecule has 0 aliphatic carbocycles. The predicted molar refractivity (Wildman–Crippen MR) is 131 cm³/mol. The molecule has 1 amide bonds. The number of nitrogens with one attached hydrogen (secondary N) is 1. The van der Waals surface area contributed by atoms with Gasteiger partial charge in [0.1, 0.15) is 5.01 Å². The van der Waals surface area contributed by atoms with Crippen LogP contribution in [0.1, 0.15) is 22.8 Å². The van der Waals surface area contributed by atoms with E-state index >= 15 is 0 Å². The summed E-state index contributed by atoms with van der Waals surface area (Å²) in [5, 5.41) is 5.66. The number of sulfonamides is 1. The molecule has 3 aromatic carbocycles. The van der Waals surface area contributed by atoms with Crippen LogP contribution in [0.15, 0.2) is 89.3 Å². The van der Waals surface area contributed by atoms with Crippen molar-refractivity contribution in [1.82, 2.24) is 4.98 Å². The molecule has 0 bridgehead atoms. The maximum absolute atomic E-state index is 13.5. The first-order valence-corrected chi connectivity index (χ1v) is 12.8. The van der Waals surface area contributed by atoms with Crippen LogP contribution < -0.4 is 9.62 Å². The molecule has 4 aromatic rings. The number of hydrogen-bond acceptors (Lipinski definition) is 5. The third-order valence-electron chi connectivity index (χ3n) is 5.62. The third kappa shape index (κ3) is 4.03. The van der Waals surface area contributed by atoms with E-state index in [4.69, 9.17) is 0 Å². The van der Waals surface area contributed by atoms with E-state index in [2.05, 4.69) is 10.3 Å². The highest BCUT2D eigenvalue weighted by Gasteiger charge is 2.36. The number of rotatable bonds is 5. The second-order valence-electron chi connectivity index (χ2n) is 7.88. The quantitative estimate of drug-likeness (QED) is 0.430. The summed E-state index contributed by atoms with van der Waals surface area (Å²) < 4.78 is 28.4. The van der Waals surface area contributed by atoms with Crippen molar-refractivity contribution in [3.63, 3.8) is 0 Å². The molecule has 33 heavy (non-hydrogen) atoms.